The number of rotatable bonds is 4. The molecule has 112 valence electrons. The van der Waals surface area contributed by atoms with Crippen molar-refractivity contribution in [3.8, 4) is 0 Å². The highest BCUT2D eigenvalue weighted by atomic mass is 19.1. The van der Waals surface area contributed by atoms with E-state index in [1.54, 1.807) is 13.8 Å². The van der Waals surface area contributed by atoms with Crippen LogP contribution >= 0.6 is 0 Å². The van der Waals surface area contributed by atoms with Gasteiger partial charge in [0.1, 0.15) is 11.6 Å². The van der Waals surface area contributed by atoms with Crippen LogP contribution in [0.5, 0.6) is 0 Å². The number of benzene rings is 1. The molecule has 20 heavy (non-hydrogen) atoms. The monoisotopic (exact) mass is 286 g/mol. The molecule has 0 aliphatic carbocycles. The lowest BCUT2D eigenvalue weighted by molar-refractivity contribution is -0.170. The molecule has 1 rings (SSSR count). The first-order chi connectivity index (χ1) is 9.16. The summed E-state index contributed by atoms with van der Waals surface area (Å²) in [5.74, 6) is -3.55. The van der Waals surface area contributed by atoms with Crippen molar-refractivity contribution in [2.45, 2.75) is 39.2 Å². The smallest absolute Gasteiger partial charge is 0.338 e. The number of halogens is 2. The fourth-order valence-electron chi connectivity index (χ4n) is 2.31. The summed E-state index contributed by atoms with van der Waals surface area (Å²) in [6.45, 7) is 6.16. The van der Waals surface area contributed by atoms with Crippen LogP contribution in [0.2, 0.25) is 0 Å². The Balaban J connectivity index is 3.37. The lowest BCUT2D eigenvalue weighted by Crippen LogP contribution is -2.49. The third-order valence-corrected chi connectivity index (χ3v) is 3.80. The molecule has 2 unspecified atom stereocenters. The van der Waals surface area contributed by atoms with Crippen LogP contribution in [-0.4, -0.2) is 23.8 Å². The highest BCUT2D eigenvalue weighted by molar-refractivity contribution is 5.81. The number of ether oxygens (including phenoxy) is 1. The Kier molecular flexibility index (Phi) is 4.86. The quantitative estimate of drug-likeness (QED) is 0.866. The standard InChI is InChI=1S/C15H20F2O3/c1-8(2)15(19,14(18)20-5)10(4)11-7-12(16)9(3)6-13(11)17/h6-8,10,19H,1-5H3. The van der Waals surface area contributed by atoms with Gasteiger partial charge in [-0.1, -0.05) is 20.8 Å². The largest absolute Gasteiger partial charge is 0.467 e. The Morgan fingerprint density at radius 2 is 1.80 bits per heavy atom. The number of carbonyl (C=O) groups excluding carboxylic acids is 1. The van der Waals surface area contributed by atoms with Crippen LogP contribution in [0.25, 0.3) is 0 Å². The maximum absolute atomic E-state index is 14.0. The van der Waals surface area contributed by atoms with Gasteiger partial charge in [-0.15, -0.1) is 0 Å². The van der Waals surface area contributed by atoms with E-state index in [1.807, 2.05) is 0 Å². The molecule has 3 nitrogen and oxygen atoms in total. The van der Waals surface area contributed by atoms with Crippen LogP contribution in [0, 0.1) is 24.5 Å². The SMILES string of the molecule is COC(=O)C(O)(C(C)C)C(C)c1cc(F)c(C)cc1F. The van der Waals surface area contributed by atoms with Gasteiger partial charge in [0.05, 0.1) is 7.11 Å². The molecule has 2 atom stereocenters. The Bertz CT molecular complexity index is 514. The van der Waals surface area contributed by atoms with Gasteiger partial charge in [0.15, 0.2) is 5.60 Å². The van der Waals surface area contributed by atoms with Gasteiger partial charge in [-0.3, -0.25) is 0 Å². The Morgan fingerprint density at radius 3 is 2.25 bits per heavy atom. The number of hydrogen-bond donors (Lipinski definition) is 1. The number of methoxy groups -OCH3 is 1. The van der Waals surface area contributed by atoms with E-state index in [9.17, 15) is 18.7 Å². The molecule has 0 fully saturated rings. The predicted octanol–water partition coefficient (Wildman–Crippen LogP) is 2.94. The average molecular weight is 286 g/mol. The topological polar surface area (TPSA) is 46.5 Å². The van der Waals surface area contributed by atoms with E-state index >= 15 is 0 Å². The highest BCUT2D eigenvalue weighted by Crippen LogP contribution is 2.37. The first kappa shape index (κ1) is 16.6. The summed E-state index contributed by atoms with van der Waals surface area (Å²) in [5.41, 5.74) is -1.80. The first-order valence-corrected chi connectivity index (χ1v) is 6.42. The second-order valence-electron chi connectivity index (χ2n) is 5.32. The maximum Gasteiger partial charge on any atom is 0.338 e. The molecule has 1 aromatic rings. The zero-order valence-corrected chi connectivity index (χ0v) is 12.3. The van der Waals surface area contributed by atoms with Crippen LogP contribution < -0.4 is 0 Å². The van der Waals surface area contributed by atoms with Crippen LogP contribution in [0.4, 0.5) is 8.78 Å². The molecule has 0 aliphatic rings. The van der Waals surface area contributed by atoms with E-state index in [0.717, 1.165) is 19.2 Å². The number of hydrogen-bond acceptors (Lipinski definition) is 3. The van der Waals surface area contributed by atoms with Gasteiger partial charge in [-0.25, -0.2) is 13.6 Å². The molecule has 0 saturated heterocycles. The summed E-state index contributed by atoms with van der Waals surface area (Å²) in [6.07, 6.45) is 0. The van der Waals surface area contributed by atoms with Crippen molar-refractivity contribution in [1.82, 2.24) is 0 Å². The second kappa shape index (κ2) is 5.87. The van der Waals surface area contributed by atoms with Crippen molar-refractivity contribution < 1.29 is 23.4 Å². The summed E-state index contributed by atoms with van der Waals surface area (Å²) >= 11 is 0. The summed E-state index contributed by atoms with van der Waals surface area (Å²) in [6, 6.07) is 2.07. The molecule has 1 aromatic carbocycles. The first-order valence-electron chi connectivity index (χ1n) is 6.42. The molecule has 0 amide bonds. The lowest BCUT2D eigenvalue weighted by atomic mass is 9.75. The molecule has 0 bridgehead atoms. The number of esters is 1. The van der Waals surface area contributed by atoms with Gasteiger partial charge < -0.3 is 9.84 Å². The number of carbonyl (C=O) groups is 1. The minimum atomic E-state index is -1.92. The van der Waals surface area contributed by atoms with Gasteiger partial charge >= 0.3 is 5.97 Å². The van der Waals surface area contributed by atoms with Gasteiger partial charge in [-0.05, 0) is 36.1 Å². The molecule has 0 aromatic heterocycles. The fourth-order valence-corrected chi connectivity index (χ4v) is 2.31. The molecule has 0 saturated carbocycles. The zero-order valence-electron chi connectivity index (χ0n) is 12.3. The summed E-state index contributed by atoms with van der Waals surface area (Å²) in [5, 5.41) is 10.6. The van der Waals surface area contributed by atoms with Gasteiger partial charge in [-0.2, -0.15) is 0 Å². The van der Waals surface area contributed by atoms with Crippen LogP contribution in [-0.2, 0) is 9.53 Å². The third kappa shape index (κ3) is 2.68. The van der Waals surface area contributed by atoms with Crippen molar-refractivity contribution in [3.05, 3.63) is 34.9 Å². The van der Waals surface area contributed by atoms with Crippen LogP contribution in [0.1, 0.15) is 37.8 Å². The van der Waals surface area contributed by atoms with Gasteiger partial charge in [0.2, 0.25) is 0 Å². The minimum Gasteiger partial charge on any atom is -0.467 e. The van der Waals surface area contributed by atoms with Gasteiger partial charge in [0.25, 0.3) is 0 Å². The van der Waals surface area contributed by atoms with Crippen LogP contribution in [0.3, 0.4) is 0 Å². The Hall–Kier alpha value is -1.49. The zero-order chi connectivity index (χ0) is 15.7. The normalized spacial score (nSPS) is 15.8. The predicted molar refractivity (Wildman–Crippen MR) is 71.3 cm³/mol. The molecule has 0 heterocycles. The van der Waals surface area contributed by atoms with Crippen molar-refractivity contribution in [2.75, 3.05) is 7.11 Å². The summed E-state index contributed by atoms with van der Waals surface area (Å²) in [4.78, 5) is 11.9. The molecule has 5 heteroatoms. The Labute approximate surface area is 117 Å². The lowest BCUT2D eigenvalue weighted by Gasteiger charge is -2.35. The molecular weight excluding hydrogens is 266 g/mol. The molecule has 0 radical (unpaired) electrons. The number of aryl methyl sites for hydroxylation is 1. The van der Waals surface area contributed by atoms with E-state index in [0.29, 0.717) is 0 Å². The van der Waals surface area contributed by atoms with Crippen LogP contribution in [0.15, 0.2) is 12.1 Å². The van der Waals surface area contributed by atoms with E-state index in [-0.39, 0.29) is 11.1 Å². The number of aliphatic hydroxyl groups is 1. The van der Waals surface area contributed by atoms with E-state index < -0.39 is 35.0 Å². The van der Waals surface area contributed by atoms with Crippen molar-refractivity contribution in [3.63, 3.8) is 0 Å². The second-order valence-corrected chi connectivity index (χ2v) is 5.32. The molecule has 1 N–H and O–H groups in total. The molecule has 0 spiro atoms. The fraction of sp³-hybridized carbons (Fsp3) is 0.533. The van der Waals surface area contributed by atoms with Crippen molar-refractivity contribution in [1.29, 1.82) is 0 Å². The highest BCUT2D eigenvalue weighted by Gasteiger charge is 2.47. The summed E-state index contributed by atoms with van der Waals surface area (Å²) < 4.78 is 32.2. The van der Waals surface area contributed by atoms with E-state index in [1.165, 1.54) is 13.8 Å². The molecule has 0 aliphatic heterocycles. The van der Waals surface area contributed by atoms with Crippen molar-refractivity contribution >= 4 is 5.97 Å². The van der Waals surface area contributed by atoms with Crippen molar-refractivity contribution in [2.24, 2.45) is 5.92 Å². The van der Waals surface area contributed by atoms with Gasteiger partial charge in [0, 0.05) is 5.92 Å². The maximum atomic E-state index is 14.0. The van der Waals surface area contributed by atoms with E-state index in [4.69, 9.17) is 0 Å². The van der Waals surface area contributed by atoms with E-state index in [2.05, 4.69) is 4.74 Å². The summed E-state index contributed by atoms with van der Waals surface area (Å²) in [7, 11) is 1.15. The third-order valence-electron chi connectivity index (χ3n) is 3.80. The Morgan fingerprint density at radius 1 is 1.25 bits per heavy atom. The average Bonchev–Trinajstić information content (AvgIpc) is 2.39. The molecular formula is C15H20F2O3. The minimum absolute atomic E-state index is 0.0466.